The first-order chi connectivity index (χ1) is 8.84. The molecule has 0 aromatic rings. The summed E-state index contributed by atoms with van der Waals surface area (Å²) in [7, 11) is -2.03. The quantitative estimate of drug-likeness (QED) is 0.504. The lowest BCUT2D eigenvalue weighted by Crippen LogP contribution is -2.43. The molecule has 1 aliphatic carbocycles. The van der Waals surface area contributed by atoms with Gasteiger partial charge in [0.15, 0.2) is 0 Å². The van der Waals surface area contributed by atoms with Gasteiger partial charge >= 0.3 is 12.0 Å². The van der Waals surface area contributed by atoms with Crippen molar-refractivity contribution in [2.45, 2.75) is 25.3 Å². The molecule has 0 aromatic carbocycles. The number of hydrogen-bond acceptors (Lipinski definition) is 4. The summed E-state index contributed by atoms with van der Waals surface area (Å²) in [6.45, 7) is 0.00405. The topological polar surface area (TPSA) is 125 Å². The second-order valence-electron chi connectivity index (χ2n) is 4.47. The van der Waals surface area contributed by atoms with Crippen LogP contribution in [0.2, 0.25) is 0 Å². The minimum Gasteiger partial charge on any atom is -0.481 e. The van der Waals surface area contributed by atoms with Crippen molar-refractivity contribution >= 4 is 22.0 Å². The number of carboxylic acids is 1. The smallest absolute Gasteiger partial charge is 0.315 e. The van der Waals surface area contributed by atoms with E-state index < -0.39 is 27.9 Å². The van der Waals surface area contributed by atoms with Crippen molar-refractivity contribution in [1.82, 2.24) is 15.4 Å². The summed E-state index contributed by atoms with van der Waals surface area (Å²) in [5.74, 6) is -1.45. The summed E-state index contributed by atoms with van der Waals surface area (Å²) in [5, 5.41) is 13.9. The summed E-state index contributed by atoms with van der Waals surface area (Å²) in [6, 6.07) is -0.635. The number of carbonyl (C=O) groups is 2. The minimum absolute atomic E-state index is 0.00405. The molecule has 0 aliphatic heterocycles. The molecular formula is C10H19N3O5S. The first-order valence-corrected chi connectivity index (χ1v) is 7.67. The number of sulfonamides is 1. The zero-order valence-electron chi connectivity index (χ0n) is 10.7. The lowest BCUT2D eigenvalue weighted by molar-refractivity contribution is -0.141. The number of aliphatic carboxylic acids is 1. The van der Waals surface area contributed by atoms with E-state index in [1.807, 2.05) is 0 Å². The standard InChI is InChI=1S/C10H19N3O5S/c1-11-19(17,18)5-4-12-10(16)13-8-3-2-7(6-8)9(14)15/h7-8,11H,2-6H2,1H3,(H,14,15)(H2,12,13,16)/t7-,8+/m1/s1. The summed E-state index contributed by atoms with van der Waals surface area (Å²) >= 11 is 0. The fraction of sp³-hybridized carbons (Fsp3) is 0.800. The van der Waals surface area contributed by atoms with E-state index in [4.69, 9.17) is 5.11 Å². The Morgan fingerprint density at radius 1 is 1.32 bits per heavy atom. The molecule has 0 spiro atoms. The average Bonchev–Trinajstić information content (AvgIpc) is 2.77. The summed E-state index contributed by atoms with van der Waals surface area (Å²) < 4.78 is 24.3. The van der Waals surface area contributed by atoms with Gasteiger partial charge in [0.2, 0.25) is 10.0 Å². The number of urea groups is 1. The van der Waals surface area contributed by atoms with Crippen molar-refractivity contribution in [2.75, 3.05) is 19.3 Å². The van der Waals surface area contributed by atoms with Crippen LogP contribution in [0.1, 0.15) is 19.3 Å². The Morgan fingerprint density at radius 2 is 2.00 bits per heavy atom. The molecule has 2 atom stereocenters. The predicted octanol–water partition coefficient (Wildman–Crippen LogP) is -0.912. The summed E-state index contributed by atoms with van der Waals surface area (Å²) in [5.41, 5.74) is 0. The monoisotopic (exact) mass is 293 g/mol. The number of carboxylic acid groups (broad SMARTS) is 1. The van der Waals surface area contributed by atoms with E-state index >= 15 is 0 Å². The lowest BCUT2D eigenvalue weighted by Gasteiger charge is -2.13. The number of rotatable bonds is 6. The summed E-state index contributed by atoms with van der Waals surface area (Å²) in [6.07, 6.45) is 1.59. The maximum atomic E-state index is 11.5. The Labute approximate surface area is 112 Å². The van der Waals surface area contributed by atoms with Crippen LogP contribution in [0, 0.1) is 5.92 Å². The Balaban J connectivity index is 2.24. The molecule has 9 heteroatoms. The van der Waals surface area contributed by atoms with E-state index in [9.17, 15) is 18.0 Å². The largest absolute Gasteiger partial charge is 0.481 e. The van der Waals surface area contributed by atoms with E-state index in [0.717, 1.165) is 0 Å². The van der Waals surface area contributed by atoms with Gasteiger partial charge in [0.1, 0.15) is 0 Å². The molecule has 1 aliphatic rings. The normalized spacial score (nSPS) is 23.0. The SMILES string of the molecule is CNS(=O)(=O)CCNC(=O)N[C@H]1CC[C@@H](C(=O)O)C1. The van der Waals surface area contributed by atoms with Crippen LogP contribution in [-0.2, 0) is 14.8 Å². The summed E-state index contributed by atoms with van der Waals surface area (Å²) in [4.78, 5) is 22.2. The average molecular weight is 293 g/mol. The van der Waals surface area contributed by atoms with Crippen LogP contribution in [-0.4, -0.2) is 50.9 Å². The van der Waals surface area contributed by atoms with Gasteiger partial charge in [0.25, 0.3) is 0 Å². The lowest BCUT2D eigenvalue weighted by atomic mass is 10.1. The first-order valence-electron chi connectivity index (χ1n) is 6.02. The van der Waals surface area contributed by atoms with E-state index in [0.29, 0.717) is 19.3 Å². The van der Waals surface area contributed by atoms with Gasteiger partial charge in [0, 0.05) is 12.6 Å². The van der Waals surface area contributed by atoms with Crippen molar-refractivity contribution in [3.8, 4) is 0 Å². The molecule has 0 saturated heterocycles. The van der Waals surface area contributed by atoms with Crippen molar-refractivity contribution < 1.29 is 23.1 Å². The predicted molar refractivity (Wildman–Crippen MR) is 68.1 cm³/mol. The third-order valence-corrected chi connectivity index (χ3v) is 4.45. The molecule has 0 aromatic heterocycles. The van der Waals surface area contributed by atoms with E-state index in [-0.39, 0.29) is 18.3 Å². The van der Waals surface area contributed by atoms with Gasteiger partial charge in [-0.2, -0.15) is 0 Å². The van der Waals surface area contributed by atoms with Gasteiger partial charge in [0.05, 0.1) is 11.7 Å². The molecule has 0 unspecified atom stereocenters. The molecule has 0 bridgehead atoms. The number of amides is 2. The Bertz CT molecular complexity index is 436. The van der Waals surface area contributed by atoms with Crippen LogP contribution in [0.3, 0.4) is 0 Å². The molecule has 1 saturated carbocycles. The highest BCUT2D eigenvalue weighted by atomic mass is 32.2. The molecule has 4 N–H and O–H groups in total. The van der Waals surface area contributed by atoms with Crippen molar-refractivity contribution in [2.24, 2.45) is 5.92 Å². The fourth-order valence-electron chi connectivity index (χ4n) is 1.97. The number of nitrogens with one attached hydrogen (secondary N) is 3. The second kappa shape index (κ2) is 6.71. The van der Waals surface area contributed by atoms with Crippen LogP contribution < -0.4 is 15.4 Å². The van der Waals surface area contributed by atoms with Crippen LogP contribution in [0.25, 0.3) is 0 Å². The molecule has 2 amide bonds. The highest BCUT2D eigenvalue weighted by Gasteiger charge is 2.30. The maximum absolute atomic E-state index is 11.5. The molecule has 0 heterocycles. The highest BCUT2D eigenvalue weighted by Crippen LogP contribution is 2.25. The number of hydrogen-bond donors (Lipinski definition) is 4. The number of carbonyl (C=O) groups excluding carboxylic acids is 1. The van der Waals surface area contributed by atoms with Gasteiger partial charge in [-0.3, -0.25) is 4.79 Å². The molecule has 0 radical (unpaired) electrons. The first kappa shape index (κ1) is 15.7. The van der Waals surface area contributed by atoms with Crippen molar-refractivity contribution in [3.63, 3.8) is 0 Å². The van der Waals surface area contributed by atoms with Gasteiger partial charge in [-0.05, 0) is 26.3 Å². The molecule has 1 fully saturated rings. The van der Waals surface area contributed by atoms with Crippen LogP contribution in [0.5, 0.6) is 0 Å². The molecular weight excluding hydrogens is 274 g/mol. The zero-order chi connectivity index (χ0) is 14.5. The van der Waals surface area contributed by atoms with E-state index in [1.54, 1.807) is 0 Å². The van der Waals surface area contributed by atoms with Crippen LogP contribution in [0.4, 0.5) is 4.79 Å². The second-order valence-corrected chi connectivity index (χ2v) is 6.51. The van der Waals surface area contributed by atoms with Gasteiger partial charge in [-0.15, -0.1) is 0 Å². The van der Waals surface area contributed by atoms with E-state index in [1.165, 1.54) is 7.05 Å². The Hall–Kier alpha value is -1.35. The van der Waals surface area contributed by atoms with Crippen LogP contribution >= 0.6 is 0 Å². The molecule has 8 nitrogen and oxygen atoms in total. The van der Waals surface area contributed by atoms with Crippen molar-refractivity contribution in [1.29, 1.82) is 0 Å². The van der Waals surface area contributed by atoms with Gasteiger partial charge < -0.3 is 15.7 Å². The van der Waals surface area contributed by atoms with Gasteiger partial charge in [-0.1, -0.05) is 0 Å². The van der Waals surface area contributed by atoms with Crippen LogP contribution in [0.15, 0.2) is 0 Å². The van der Waals surface area contributed by atoms with Gasteiger partial charge in [-0.25, -0.2) is 17.9 Å². The third kappa shape index (κ3) is 5.43. The Kier molecular flexibility index (Phi) is 5.55. The van der Waals surface area contributed by atoms with E-state index in [2.05, 4.69) is 15.4 Å². The Morgan fingerprint density at radius 3 is 2.53 bits per heavy atom. The zero-order valence-corrected chi connectivity index (χ0v) is 11.5. The molecule has 110 valence electrons. The fourth-order valence-corrected chi connectivity index (χ4v) is 2.55. The molecule has 1 rings (SSSR count). The minimum atomic E-state index is -3.33. The molecule has 19 heavy (non-hydrogen) atoms. The van der Waals surface area contributed by atoms with Crippen molar-refractivity contribution in [3.05, 3.63) is 0 Å². The maximum Gasteiger partial charge on any atom is 0.315 e. The highest BCUT2D eigenvalue weighted by molar-refractivity contribution is 7.89. The third-order valence-electron chi connectivity index (χ3n) is 3.08.